The Morgan fingerprint density at radius 2 is 1.28 bits per heavy atom. The van der Waals surface area contributed by atoms with E-state index in [2.05, 4.69) is 4.74 Å². The summed E-state index contributed by atoms with van der Waals surface area (Å²) in [6, 6.07) is 0. The van der Waals surface area contributed by atoms with Crippen molar-refractivity contribution in [3.8, 4) is 0 Å². The van der Waals surface area contributed by atoms with Gasteiger partial charge in [-0.3, -0.25) is 9.59 Å². The van der Waals surface area contributed by atoms with E-state index in [1.54, 1.807) is 0 Å². The first-order valence-corrected chi connectivity index (χ1v) is 8.16. The first-order chi connectivity index (χ1) is 13.4. The maximum Gasteiger partial charge on any atom is 0.335 e. The molecule has 29 heavy (non-hydrogen) atoms. The van der Waals surface area contributed by atoms with Crippen LogP contribution >= 0.6 is 0 Å². The molecular formula is C15H28O14. The quantitative estimate of drug-likeness (QED) is 0.101. The summed E-state index contributed by atoms with van der Waals surface area (Å²) in [5.41, 5.74) is 0. The lowest BCUT2D eigenvalue weighted by Crippen LogP contribution is -2.48. The van der Waals surface area contributed by atoms with Crippen LogP contribution < -0.4 is 0 Å². The Kier molecular flexibility index (Phi) is 15.6. The molecular weight excluding hydrogens is 404 g/mol. The molecule has 10 N–H and O–H groups in total. The molecule has 0 saturated heterocycles. The van der Waals surface area contributed by atoms with Crippen molar-refractivity contribution in [2.75, 3.05) is 19.8 Å². The highest BCUT2D eigenvalue weighted by Gasteiger charge is 2.34. The second-order valence-corrected chi connectivity index (χ2v) is 5.75. The SMILES string of the molecule is CC(O)C(=O)O[C@@H](C=O)[C@@H](O)[C@H](O)[C@H](O)CO.O=C(CO)[C@@H](O)[C@H](O)[C@H](O)CO. The Morgan fingerprint density at radius 3 is 1.62 bits per heavy atom. The molecule has 0 aromatic carbocycles. The molecule has 1 unspecified atom stereocenters. The average molecular weight is 432 g/mol. The largest absolute Gasteiger partial charge is 0.450 e. The summed E-state index contributed by atoms with van der Waals surface area (Å²) >= 11 is 0. The van der Waals surface area contributed by atoms with Gasteiger partial charge in [0.1, 0.15) is 49.3 Å². The van der Waals surface area contributed by atoms with Gasteiger partial charge in [-0.2, -0.15) is 0 Å². The molecule has 14 heteroatoms. The van der Waals surface area contributed by atoms with Gasteiger partial charge in [-0.25, -0.2) is 4.79 Å². The Hall–Kier alpha value is -1.59. The predicted octanol–water partition coefficient (Wildman–Crippen LogP) is -6.82. The highest BCUT2D eigenvalue weighted by atomic mass is 16.6. The van der Waals surface area contributed by atoms with Crippen LogP contribution in [0.5, 0.6) is 0 Å². The summed E-state index contributed by atoms with van der Waals surface area (Å²) < 4.78 is 4.38. The van der Waals surface area contributed by atoms with Gasteiger partial charge >= 0.3 is 5.97 Å². The minimum atomic E-state index is -1.91. The smallest absolute Gasteiger partial charge is 0.335 e. The van der Waals surface area contributed by atoms with Gasteiger partial charge in [0.15, 0.2) is 18.2 Å². The normalized spacial score (nSPS) is 19.3. The Morgan fingerprint density at radius 1 is 0.828 bits per heavy atom. The summed E-state index contributed by atoms with van der Waals surface area (Å²) in [7, 11) is 0. The lowest BCUT2D eigenvalue weighted by Gasteiger charge is -2.25. The standard InChI is InChI=1S/C9H16O8.C6H12O6/c1-4(12)9(16)17-6(3-11)8(15)7(14)5(13)2-10;7-1-3(9)5(11)6(12)4(10)2-8/h3-8,10,12-15H,2H2,1H3;3,5-9,11-12H,1-2H2/t4?,5-,6+,7-,8-;3-,5-,6-/m11/s1. The van der Waals surface area contributed by atoms with Crippen molar-refractivity contribution in [1.82, 2.24) is 0 Å². The lowest BCUT2D eigenvalue weighted by atomic mass is 10.0. The van der Waals surface area contributed by atoms with Crippen LogP contribution in [-0.2, 0) is 19.1 Å². The molecule has 0 amide bonds. The van der Waals surface area contributed by atoms with E-state index in [0.29, 0.717) is 0 Å². The van der Waals surface area contributed by atoms with E-state index in [4.69, 9.17) is 40.9 Å². The molecule has 8 atom stereocenters. The fourth-order valence-electron chi connectivity index (χ4n) is 1.54. The van der Waals surface area contributed by atoms with Crippen LogP contribution in [0.3, 0.4) is 0 Å². The lowest BCUT2D eigenvalue weighted by molar-refractivity contribution is -0.174. The van der Waals surface area contributed by atoms with Crippen molar-refractivity contribution in [3.05, 3.63) is 0 Å². The molecule has 0 aromatic heterocycles. The van der Waals surface area contributed by atoms with Crippen molar-refractivity contribution >= 4 is 18.0 Å². The van der Waals surface area contributed by atoms with Crippen molar-refractivity contribution < 1.29 is 70.2 Å². The summed E-state index contributed by atoms with van der Waals surface area (Å²) in [5.74, 6) is -2.16. The van der Waals surface area contributed by atoms with Gasteiger partial charge < -0.3 is 55.8 Å². The Bertz CT molecular complexity index is 484. The van der Waals surface area contributed by atoms with E-state index in [1.165, 1.54) is 0 Å². The third-order valence-corrected chi connectivity index (χ3v) is 3.39. The third kappa shape index (κ3) is 10.7. The summed E-state index contributed by atoms with van der Waals surface area (Å²) in [4.78, 5) is 32.0. The van der Waals surface area contributed by atoms with E-state index in [-0.39, 0.29) is 6.29 Å². The van der Waals surface area contributed by atoms with E-state index in [0.717, 1.165) is 6.92 Å². The number of carbonyl (C=O) groups excluding carboxylic acids is 3. The highest BCUT2D eigenvalue weighted by molar-refractivity contribution is 5.84. The second-order valence-electron chi connectivity index (χ2n) is 5.75. The maximum absolute atomic E-state index is 10.9. The van der Waals surface area contributed by atoms with Gasteiger partial charge in [-0.05, 0) is 6.92 Å². The summed E-state index contributed by atoms with van der Waals surface area (Å²) in [6.07, 6.45) is -13.9. The van der Waals surface area contributed by atoms with Crippen molar-refractivity contribution in [2.24, 2.45) is 0 Å². The minimum Gasteiger partial charge on any atom is -0.450 e. The number of hydrogen-bond acceptors (Lipinski definition) is 14. The number of aldehydes is 1. The van der Waals surface area contributed by atoms with Crippen molar-refractivity contribution in [3.63, 3.8) is 0 Å². The van der Waals surface area contributed by atoms with Crippen molar-refractivity contribution in [1.29, 1.82) is 0 Å². The van der Waals surface area contributed by atoms with E-state index < -0.39 is 80.4 Å². The molecule has 0 rings (SSSR count). The Labute approximate surface area is 164 Å². The van der Waals surface area contributed by atoms with Gasteiger partial charge in [0.2, 0.25) is 0 Å². The highest BCUT2D eigenvalue weighted by Crippen LogP contribution is 2.08. The van der Waals surface area contributed by atoms with Crippen molar-refractivity contribution in [2.45, 2.75) is 55.8 Å². The number of ether oxygens (including phenoxy) is 1. The number of esters is 1. The van der Waals surface area contributed by atoms with Crippen LogP contribution in [0, 0.1) is 0 Å². The monoisotopic (exact) mass is 432 g/mol. The number of ketones is 1. The predicted molar refractivity (Wildman–Crippen MR) is 89.9 cm³/mol. The zero-order chi connectivity index (χ0) is 23.3. The first-order valence-electron chi connectivity index (χ1n) is 8.16. The summed E-state index contributed by atoms with van der Waals surface area (Å²) in [6.45, 7) is -1.43. The van der Waals surface area contributed by atoms with Crippen LogP contribution in [0.4, 0.5) is 0 Å². The van der Waals surface area contributed by atoms with Gasteiger partial charge in [0.25, 0.3) is 0 Å². The number of aliphatic hydroxyl groups is 10. The minimum absolute atomic E-state index is 0.0399. The molecule has 172 valence electrons. The molecule has 0 heterocycles. The van der Waals surface area contributed by atoms with Crippen LogP contribution in [0.25, 0.3) is 0 Å². The molecule has 0 radical (unpaired) electrons. The van der Waals surface area contributed by atoms with Gasteiger partial charge in [0, 0.05) is 0 Å². The van der Waals surface area contributed by atoms with Crippen LogP contribution in [0.1, 0.15) is 6.92 Å². The molecule has 0 bridgehead atoms. The molecule has 0 aliphatic rings. The number of rotatable bonds is 12. The summed E-state index contributed by atoms with van der Waals surface area (Å²) in [5, 5.41) is 88.1. The molecule has 0 spiro atoms. The molecule has 0 fully saturated rings. The van der Waals surface area contributed by atoms with Crippen LogP contribution in [0.2, 0.25) is 0 Å². The van der Waals surface area contributed by atoms with Gasteiger partial charge in [0.05, 0.1) is 13.2 Å². The fourth-order valence-corrected chi connectivity index (χ4v) is 1.54. The Balaban J connectivity index is 0. The molecule has 14 nitrogen and oxygen atoms in total. The van der Waals surface area contributed by atoms with Gasteiger partial charge in [-0.1, -0.05) is 0 Å². The molecule has 0 aromatic rings. The van der Waals surface area contributed by atoms with E-state index in [1.807, 2.05) is 0 Å². The topological polar surface area (TPSA) is 263 Å². The molecule has 0 saturated carbocycles. The first kappa shape index (κ1) is 29.6. The zero-order valence-electron chi connectivity index (χ0n) is 15.4. The second kappa shape index (κ2) is 15.3. The zero-order valence-corrected chi connectivity index (χ0v) is 15.4. The van der Waals surface area contributed by atoms with E-state index >= 15 is 0 Å². The number of Topliss-reactive ketones (excluding diaryl/α,β-unsaturated/α-hetero) is 1. The molecule has 0 aliphatic heterocycles. The van der Waals surface area contributed by atoms with Gasteiger partial charge in [-0.15, -0.1) is 0 Å². The average Bonchev–Trinajstić information content (AvgIpc) is 2.73. The number of carbonyl (C=O) groups is 3. The van der Waals surface area contributed by atoms with E-state index in [9.17, 15) is 24.6 Å². The number of hydrogen-bond donors (Lipinski definition) is 10. The maximum atomic E-state index is 10.9. The molecule has 0 aliphatic carbocycles. The number of aliphatic hydroxyl groups excluding tert-OH is 10. The third-order valence-electron chi connectivity index (χ3n) is 3.39. The van der Waals surface area contributed by atoms with Crippen LogP contribution in [-0.4, -0.2) is 138 Å². The van der Waals surface area contributed by atoms with Crippen LogP contribution in [0.15, 0.2) is 0 Å². The fraction of sp³-hybridized carbons (Fsp3) is 0.800.